The number of carbonyl (C=O) groups excluding carboxylic acids is 1. The predicted octanol–water partition coefficient (Wildman–Crippen LogP) is 2.59. The Labute approximate surface area is 90.9 Å². The normalized spacial score (nSPS) is 9.73. The highest BCUT2D eigenvalue weighted by molar-refractivity contribution is 5.89. The molecule has 0 aliphatic rings. The van der Waals surface area contributed by atoms with Crippen LogP contribution < -0.4 is 10.6 Å². The van der Waals surface area contributed by atoms with Crippen LogP contribution in [0.2, 0.25) is 0 Å². The molecule has 0 atom stereocenters. The molecule has 0 heterocycles. The van der Waals surface area contributed by atoms with Gasteiger partial charge in [0.15, 0.2) is 0 Å². The minimum atomic E-state index is -0.155. The fraction of sp³-hybridized carbons (Fsp3) is 0.333. The second kappa shape index (κ2) is 6.06. The lowest BCUT2D eigenvalue weighted by Gasteiger charge is -2.07. The molecule has 0 bridgehead atoms. The van der Waals surface area contributed by atoms with Crippen LogP contribution in [-0.2, 0) is 6.42 Å². The molecule has 2 N–H and O–H groups in total. The van der Waals surface area contributed by atoms with Crippen LogP contribution in [0.15, 0.2) is 24.3 Å². The molecule has 15 heavy (non-hydrogen) atoms. The maximum atomic E-state index is 11.3. The van der Waals surface area contributed by atoms with Crippen LogP contribution in [0, 0.1) is 6.92 Å². The summed E-state index contributed by atoms with van der Waals surface area (Å²) in [6.45, 7) is 6.51. The zero-order valence-electron chi connectivity index (χ0n) is 9.05. The smallest absolute Gasteiger partial charge is 0.319 e. The maximum Gasteiger partial charge on any atom is 0.319 e. The standard InChI is InChI=1S/C12H17N2O/c1-3-8-13-12(15)14-11-7-5-6-10(4-2)9-11/h5-7,9H,2-4,8H2,1H3,(H2,13,14,15). The lowest BCUT2D eigenvalue weighted by Crippen LogP contribution is -2.29. The largest absolute Gasteiger partial charge is 0.338 e. The van der Waals surface area contributed by atoms with E-state index in [1.54, 1.807) is 0 Å². The predicted molar refractivity (Wildman–Crippen MR) is 62.8 cm³/mol. The summed E-state index contributed by atoms with van der Waals surface area (Å²) in [6, 6.07) is 7.54. The van der Waals surface area contributed by atoms with Crippen molar-refractivity contribution in [1.29, 1.82) is 0 Å². The number of rotatable bonds is 4. The van der Waals surface area contributed by atoms with Crippen molar-refractivity contribution in [1.82, 2.24) is 5.32 Å². The van der Waals surface area contributed by atoms with E-state index in [1.807, 2.05) is 31.2 Å². The van der Waals surface area contributed by atoms with Crippen LogP contribution in [0.5, 0.6) is 0 Å². The van der Waals surface area contributed by atoms with Gasteiger partial charge < -0.3 is 10.6 Å². The molecule has 1 rings (SSSR count). The molecule has 0 fully saturated rings. The summed E-state index contributed by atoms with van der Waals surface area (Å²) in [5, 5.41) is 5.53. The van der Waals surface area contributed by atoms with E-state index in [0.29, 0.717) is 6.54 Å². The number of carbonyl (C=O) groups is 1. The van der Waals surface area contributed by atoms with Gasteiger partial charge in [0, 0.05) is 12.2 Å². The Kier molecular flexibility index (Phi) is 4.68. The molecule has 81 valence electrons. The molecular formula is C12H17N2O. The Morgan fingerprint density at radius 2 is 2.27 bits per heavy atom. The summed E-state index contributed by atoms with van der Waals surface area (Å²) in [5.41, 5.74) is 1.92. The zero-order chi connectivity index (χ0) is 11.1. The summed E-state index contributed by atoms with van der Waals surface area (Å²) in [5.74, 6) is 0. The number of urea groups is 1. The summed E-state index contributed by atoms with van der Waals surface area (Å²) in [6.07, 6.45) is 1.67. The molecule has 0 aliphatic carbocycles. The summed E-state index contributed by atoms with van der Waals surface area (Å²) < 4.78 is 0. The molecule has 3 nitrogen and oxygen atoms in total. The topological polar surface area (TPSA) is 41.1 Å². The van der Waals surface area contributed by atoms with E-state index in [-0.39, 0.29) is 6.03 Å². The number of benzene rings is 1. The maximum absolute atomic E-state index is 11.3. The monoisotopic (exact) mass is 205 g/mol. The highest BCUT2D eigenvalue weighted by atomic mass is 16.2. The van der Waals surface area contributed by atoms with Crippen molar-refractivity contribution >= 4 is 11.7 Å². The lowest BCUT2D eigenvalue weighted by molar-refractivity contribution is 0.252. The highest BCUT2D eigenvalue weighted by Gasteiger charge is 2.00. The van der Waals surface area contributed by atoms with Crippen LogP contribution in [0.3, 0.4) is 0 Å². The number of hydrogen-bond acceptors (Lipinski definition) is 1. The Hall–Kier alpha value is -1.51. The average Bonchev–Trinajstić information content (AvgIpc) is 2.26. The molecular weight excluding hydrogens is 188 g/mol. The molecule has 0 spiro atoms. The van der Waals surface area contributed by atoms with Gasteiger partial charge in [-0.15, -0.1) is 0 Å². The molecule has 0 saturated heterocycles. The molecule has 1 aromatic rings. The van der Waals surface area contributed by atoms with Crippen LogP contribution >= 0.6 is 0 Å². The van der Waals surface area contributed by atoms with Crippen molar-refractivity contribution in [3.63, 3.8) is 0 Å². The van der Waals surface area contributed by atoms with Crippen LogP contribution in [0.25, 0.3) is 0 Å². The van der Waals surface area contributed by atoms with Crippen LogP contribution in [-0.4, -0.2) is 12.6 Å². The van der Waals surface area contributed by atoms with E-state index >= 15 is 0 Å². The third-order valence-electron chi connectivity index (χ3n) is 2.01. The van der Waals surface area contributed by atoms with Gasteiger partial charge in [0.2, 0.25) is 0 Å². The van der Waals surface area contributed by atoms with Gasteiger partial charge in [-0.05, 0) is 37.5 Å². The average molecular weight is 205 g/mol. The fourth-order valence-electron chi connectivity index (χ4n) is 1.22. The van der Waals surface area contributed by atoms with Crippen LogP contribution in [0.4, 0.5) is 10.5 Å². The van der Waals surface area contributed by atoms with Gasteiger partial charge in [-0.2, -0.15) is 0 Å². The second-order valence-corrected chi connectivity index (χ2v) is 3.33. The molecule has 2 amide bonds. The Morgan fingerprint density at radius 1 is 1.47 bits per heavy atom. The molecule has 0 saturated carbocycles. The van der Waals surface area contributed by atoms with Crippen molar-refractivity contribution in [3.8, 4) is 0 Å². The third kappa shape index (κ3) is 4.02. The molecule has 0 unspecified atom stereocenters. The van der Waals surface area contributed by atoms with Gasteiger partial charge in [-0.3, -0.25) is 0 Å². The minimum Gasteiger partial charge on any atom is -0.338 e. The molecule has 1 radical (unpaired) electrons. The number of anilines is 1. The van der Waals surface area contributed by atoms with Gasteiger partial charge >= 0.3 is 6.03 Å². The minimum absolute atomic E-state index is 0.155. The van der Waals surface area contributed by atoms with Crippen molar-refractivity contribution in [2.24, 2.45) is 0 Å². The highest BCUT2D eigenvalue weighted by Crippen LogP contribution is 2.10. The quantitative estimate of drug-likeness (QED) is 0.779. The summed E-state index contributed by atoms with van der Waals surface area (Å²) >= 11 is 0. The summed E-state index contributed by atoms with van der Waals surface area (Å²) in [7, 11) is 0. The Balaban J connectivity index is 2.52. The lowest BCUT2D eigenvalue weighted by atomic mass is 10.1. The Bertz CT molecular complexity index is 323. The first-order valence-corrected chi connectivity index (χ1v) is 5.19. The SMILES string of the molecule is [CH2]Cc1cccc(NC(=O)NCCC)c1. The Morgan fingerprint density at radius 3 is 2.93 bits per heavy atom. The van der Waals surface area contributed by atoms with E-state index in [1.165, 1.54) is 0 Å². The van der Waals surface area contributed by atoms with Crippen molar-refractivity contribution in [3.05, 3.63) is 36.8 Å². The summed E-state index contributed by atoms with van der Waals surface area (Å²) in [4.78, 5) is 11.3. The first kappa shape index (κ1) is 11.6. The van der Waals surface area contributed by atoms with Crippen molar-refractivity contribution < 1.29 is 4.79 Å². The third-order valence-corrected chi connectivity index (χ3v) is 2.01. The van der Waals surface area contributed by atoms with Crippen molar-refractivity contribution in [2.75, 3.05) is 11.9 Å². The first-order chi connectivity index (χ1) is 7.26. The van der Waals surface area contributed by atoms with E-state index in [2.05, 4.69) is 17.6 Å². The molecule has 0 aliphatic heterocycles. The van der Waals surface area contributed by atoms with Crippen LogP contribution in [0.1, 0.15) is 18.9 Å². The van der Waals surface area contributed by atoms with E-state index in [9.17, 15) is 4.79 Å². The van der Waals surface area contributed by atoms with Gasteiger partial charge in [-0.1, -0.05) is 19.1 Å². The van der Waals surface area contributed by atoms with Gasteiger partial charge in [-0.25, -0.2) is 4.79 Å². The van der Waals surface area contributed by atoms with Gasteiger partial charge in [0.05, 0.1) is 0 Å². The molecule has 0 aromatic heterocycles. The van der Waals surface area contributed by atoms with E-state index < -0.39 is 0 Å². The van der Waals surface area contributed by atoms with E-state index in [4.69, 9.17) is 0 Å². The van der Waals surface area contributed by atoms with E-state index in [0.717, 1.165) is 24.1 Å². The second-order valence-electron chi connectivity index (χ2n) is 3.33. The van der Waals surface area contributed by atoms with Crippen molar-refractivity contribution in [2.45, 2.75) is 19.8 Å². The number of amides is 2. The van der Waals surface area contributed by atoms with Gasteiger partial charge in [0.1, 0.15) is 0 Å². The molecule has 1 aromatic carbocycles. The fourth-order valence-corrected chi connectivity index (χ4v) is 1.22. The van der Waals surface area contributed by atoms with Gasteiger partial charge in [0.25, 0.3) is 0 Å². The number of hydrogen-bond donors (Lipinski definition) is 2. The first-order valence-electron chi connectivity index (χ1n) is 5.19. The molecule has 3 heteroatoms. The zero-order valence-corrected chi connectivity index (χ0v) is 9.05. The number of nitrogens with one attached hydrogen (secondary N) is 2.